The maximum atomic E-state index is 13.4. The monoisotopic (exact) mass is 466 g/mol. The Morgan fingerprint density at radius 1 is 1.16 bits per heavy atom. The lowest BCUT2D eigenvalue weighted by Gasteiger charge is -2.37. The average Bonchev–Trinajstić information content (AvgIpc) is 3.21. The van der Waals surface area contributed by atoms with Crippen LogP contribution in [0.15, 0.2) is 47.4 Å². The van der Waals surface area contributed by atoms with Crippen molar-refractivity contribution in [2.24, 2.45) is 5.92 Å². The first-order chi connectivity index (χ1) is 14.8. The van der Waals surface area contributed by atoms with Crippen LogP contribution in [0.1, 0.15) is 31.2 Å². The van der Waals surface area contributed by atoms with Gasteiger partial charge in [0.15, 0.2) is 0 Å². The third-order valence-electron chi connectivity index (χ3n) is 6.13. The van der Waals surface area contributed by atoms with Crippen LogP contribution in [0.4, 0.5) is 4.39 Å². The Labute approximate surface area is 188 Å². The van der Waals surface area contributed by atoms with Crippen LogP contribution < -0.4 is 4.74 Å². The van der Waals surface area contributed by atoms with Crippen molar-refractivity contribution in [3.05, 3.63) is 58.9 Å². The van der Waals surface area contributed by atoms with Crippen LogP contribution in [0.5, 0.6) is 5.75 Å². The molecule has 5 nitrogen and oxygen atoms in total. The second-order valence-corrected chi connectivity index (χ2v) is 11.0. The van der Waals surface area contributed by atoms with Gasteiger partial charge in [0, 0.05) is 25.2 Å². The first-order valence-corrected chi connectivity index (χ1v) is 12.5. The molecule has 1 saturated carbocycles. The fourth-order valence-corrected chi connectivity index (χ4v) is 5.80. The molecule has 0 aromatic heterocycles. The van der Waals surface area contributed by atoms with Crippen LogP contribution in [0.2, 0.25) is 5.02 Å². The molecule has 0 atom stereocenters. The molecule has 1 heterocycles. The van der Waals surface area contributed by atoms with E-state index in [4.69, 9.17) is 16.3 Å². The lowest BCUT2D eigenvalue weighted by molar-refractivity contribution is 0.0575. The molecule has 2 aliphatic rings. The quantitative estimate of drug-likeness (QED) is 0.572. The summed E-state index contributed by atoms with van der Waals surface area (Å²) in [6, 6.07) is 11.0. The molecule has 1 aliphatic carbocycles. The molecule has 2 aromatic rings. The number of ether oxygens (including phenoxy) is 1. The summed E-state index contributed by atoms with van der Waals surface area (Å²) in [5.41, 5.74) is 1.12. The summed E-state index contributed by atoms with van der Waals surface area (Å²) < 4.78 is 46.0. The molecule has 0 bridgehead atoms. The molecule has 1 aliphatic heterocycles. The summed E-state index contributed by atoms with van der Waals surface area (Å²) in [4.78, 5) is 2.39. The van der Waals surface area contributed by atoms with Crippen molar-refractivity contribution in [3.8, 4) is 5.75 Å². The number of rotatable bonds is 8. The molecule has 2 fully saturated rings. The van der Waals surface area contributed by atoms with Gasteiger partial charge in [0.25, 0.3) is 0 Å². The molecule has 0 N–H and O–H groups in total. The number of sulfonamides is 1. The molecule has 0 amide bonds. The fraction of sp³-hybridized carbons (Fsp3) is 0.478. The largest absolute Gasteiger partial charge is 0.490 e. The highest BCUT2D eigenvalue weighted by molar-refractivity contribution is 7.89. The molecular formula is C23H28ClFN2O3S. The fourth-order valence-electron chi connectivity index (χ4n) is 4.29. The highest BCUT2D eigenvalue weighted by Crippen LogP contribution is 2.34. The number of halogens is 2. The van der Waals surface area contributed by atoms with Gasteiger partial charge in [0.2, 0.25) is 10.0 Å². The van der Waals surface area contributed by atoms with Gasteiger partial charge in [-0.15, -0.1) is 0 Å². The molecule has 0 radical (unpaired) electrons. The Hall–Kier alpha value is -1.67. The van der Waals surface area contributed by atoms with Gasteiger partial charge < -0.3 is 4.74 Å². The van der Waals surface area contributed by atoms with Crippen LogP contribution in [0, 0.1) is 11.7 Å². The summed E-state index contributed by atoms with van der Waals surface area (Å²) in [7, 11) is -2.16. The lowest BCUT2D eigenvalue weighted by atomic mass is 9.82. The van der Waals surface area contributed by atoms with Gasteiger partial charge in [-0.3, -0.25) is 4.90 Å². The molecule has 0 unspecified atom stereocenters. The van der Waals surface area contributed by atoms with E-state index in [1.165, 1.54) is 42.4 Å². The number of nitrogens with zero attached hydrogens (tertiary/aromatic N) is 2. The SMILES string of the molecule is CN(CC1CC(Oc2ccc(CN3CCCC3)c(Cl)c2)C1)S(=O)(=O)c1cccc(F)c1. The summed E-state index contributed by atoms with van der Waals surface area (Å²) in [6.07, 6.45) is 4.10. The van der Waals surface area contributed by atoms with Crippen molar-refractivity contribution in [1.29, 1.82) is 0 Å². The van der Waals surface area contributed by atoms with E-state index in [-0.39, 0.29) is 16.9 Å². The minimum Gasteiger partial charge on any atom is -0.490 e. The Morgan fingerprint density at radius 2 is 1.90 bits per heavy atom. The smallest absolute Gasteiger partial charge is 0.242 e. The summed E-state index contributed by atoms with van der Waals surface area (Å²) in [5, 5.41) is 0.723. The predicted octanol–water partition coefficient (Wildman–Crippen LogP) is 4.55. The molecule has 8 heteroatoms. The third kappa shape index (κ3) is 5.40. The van der Waals surface area contributed by atoms with E-state index in [0.29, 0.717) is 6.54 Å². The van der Waals surface area contributed by atoms with Gasteiger partial charge in [-0.25, -0.2) is 17.1 Å². The molecule has 1 saturated heterocycles. The topological polar surface area (TPSA) is 49.9 Å². The number of likely N-dealkylation sites (tertiary alicyclic amines) is 1. The minimum absolute atomic E-state index is 0.0224. The zero-order valence-electron chi connectivity index (χ0n) is 17.6. The highest BCUT2D eigenvalue weighted by atomic mass is 35.5. The molecule has 0 spiro atoms. The normalized spacial score (nSPS) is 21.9. The maximum absolute atomic E-state index is 13.4. The van der Waals surface area contributed by atoms with Crippen molar-refractivity contribution in [2.75, 3.05) is 26.7 Å². The first kappa shape index (κ1) is 22.5. The second kappa shape index (κ2) is 9.45. The predicted molar refractivity (Wildman–Crippen MR) is 119 cm³/mol. The molecule has 168 valence electrons. The van der Waals surface area contributed by atoms with Crippen LogP contribution in [0.3, 0.4) is 0 Å². The summed E-state index contributed by atoms with van der Waals surface area (Å²) in [6.45, 7) is 3.51. The van der Waals surface area contributed by atoms with E-state index < -0.39 is 15.8 Å². The molecule has 31 heavy (non-hydrogen) atoms. The number of hydrogen-bond donors (Lipinski definition) is 0. The van der Waals surface area contributed by atoms with Gasteiger partial charge in [0.1, 0.15) is 11.6 Å². The van der Waals surface area contributed by atoms with Crippen LogP contribution in [0.25, 0.3) is 0 Å². The summed E-state index contributed by atoms with van der Waals surface area (Å²) in [5.74, 6) is 0.402. The Bertz CT molecular complexity index is 1020. The zero-order valence-corrected chi connectivity index (χ0v) is 19.2. The minimum atomic E-state index is -3.70. The van der Waals surface area contributed by atoms with Crippen molar-refractivity contribution >= 4 is 21.6 Å². The van der Waals surface area contributed by atoms with Crippen LogP contribution in [-0.2, 0) is 16.6 Å². The van der Waals surface area contributed by atoms with Crippen LogP contribution >= 0.6 is 11.6 Å². The second-order valence-electron chi connectivity index (χ2n) is 8.56. The van der Waals surface area contributed by atoms with Crippen molar-refractivity contribution in [2.45, 2.75) is 43.2 Å². The number of hydrogen-bond acceptors (Lipinski definition) is 4. The standard InChI is InChI=1S/C23H28ClFN2O3S/c1-26(31(28,29)22-6-4-5-19(25)13-22)15-17-11-21(12-17)30-20-8-7-18(23(24)14-20)16-27-9-2-3-10-27/h4-8,13-14,17,21H,2-3,9-12,15-16H2,1H3. The van der Waals surface area contributed by atoms with Crippen molar-refractivity contribution in [1.82, 2.24) is 9.21 Å². The zero-order chi connectivity index (χ0) is 22.0. The van der Waals surface area contributed by atoms with Crippen molar-refractivity contribution < 1.29 is 17.5 Å². The van der Waals surface area contributed by atoms with Gasteiger partial charge in [-0.05, 0) is 80.6 Å². The van der Waals surface area contributed by atoms with Gasteiger partial charge in [-0.2, -0.15) is 0 Å². The van der Waals surface area contributed by atoms with E-state index in [1.54, 1.807) is 0 Å². The van der Waals surface area contributed by atoms with Crippen LogP contribution in [-0.4, -0.2) is 50.4 Å². The van der Waals surface area contributed by atoms with E-state index in [1.807, 2.05) is 18.2 Å². The third-order valence-corrected chi connectivity index (χ3v) is 8.30. The van der Waals surface area contributed by atoms with Crippen molar-refractivity contribution in [3.63, 3.8) is 0 Å². The molecule has 4 rings (SSSR count). The Morgan fingerprint density at radius 3 is 2.58 bits per heavy atom. The lowest BCUT2D eigenvalue weighted by Crippen LogP contribution is -2.41. The Kier molecular flexibility index (Phi) is 6.86. The first-order valence-electron chi connectivity index (χ1n) is 10.7. The highest BCUT2D eigenvalue weighted by Gasteiger charge is 2.34. The number of benzene rings is 2. The Balaban J connectivity index is 1.27. The molecule has 2 aromatic carbocycles. The van der Waals surface area contributed by atoms with Gasteiger partial charge >= 0.3 is 0 Å². The van der Waals surface area contributed by atoms with E-state index in [9.17, 15) is 12.8 Å². The summed E-state index contributed by atoms with van der Waals surface area (Å²) >= 11 is 6.46. The van der Waals surface area contributed by atoms with Gasteiger partial charge in [0.05, 0.1) is 11.0 Å². The average molecular weight is 467 g/mol. The van der Waals surface area contributed by atoms with E-state index in [2.05, 4.69) is 4.90 Å². The van der Waals surface area contributed by atoms with Gasteiger partial charge in [-0.1, -0.05) is 23.7 Å². The maximum Gasteiger partial charge on any atom is 0.242 e. The van der Waals surface area contributed by atoms with E-state index in [0.717, 1.165) is 54.9 Å². The molecular weight excluding hydrogens is 439 g/mol. The van der Waals surface area contributed by atoms with E-state index >= 15 is 0 Å².